The van der Waals surface area contributed by atoms with Gasteiger partial charge in [-0.3, -0.25) is 0 Å². The van der Waals surface area contributed by atoms with Gasteiger partial charge in [0.1, 0.15) is 10.6 Å². The van der Waals surface area contributed by atoms with Crippen molar-refractivity contribution < 1.29 is 18.0 Å². The van der Waals surface area contributed by atoms with Crippen molar-refractivity contribution in [3.8, 4) is 0 Å². The number of nitrogens with one attached hydrogen (secondary N) is 1. The molecule has 2 aromatic heterocycles. The van der Waals surface area contributed by atoms with Crippen molar-refractivity contribution in [2.75, 3.05) is 6.54 Å². The number of aryl methyl sites for hydroxylation is 2. The van der Waals surface area contributed by atoms with Gasteiger partial charge in [0.25, 0.3) is 0 Å². The number of benzene rings is 1. The third-order valence-electron chi connectivity index (χ3n) is 3.57. The molecule has 0 spiro atoms. The van der Waals surface area contributed by atoms with E-state index >= 15 is 0 Å². The maximum absolute atomic E-state index is 12.4. The summed E-state index contributed by atoms with van der Waals surface area (Å²) in [7, 11) is -3.78. The van der Waals surface area contributed by atoms with Gasteiger partial charge in [0.15, 0.2) is 5.76 Å². The molecule has 0 saturated heterocycles. The molecule has 0 saturated carbocycles. The Hall–Kier alpha value is -1.74. The molecule has 0 amide bonds. The van der Waals surface area contributed by atoms with Gasteiger partial charge < -0.3 is 9.63 Å². The van der Waals surface area contributed by atoms with Gasteiger partial charge in [0.2, 0.25) is 10.0 Å². The van der Waals surface area contributed by atoms with Gasteiger partial charge in [0, 0.05) is 16.8 Å². The van der Waals surface area contributed by atoms with Crippen molar-refractivity contribution in [3.63, 3.8) is 0 Å². The topological polar surface area (TPSA) is 92.4 Å². The van der Waals surface area contributed by atoms with E-state index in [4.69, 9.17) is 4.52 Å². The molecule has 0 aliphatic rings. The molecule has 6 nitrogen and oxygen atoms in total. The van der Waals surface area contributed by atoms with E-state index < -0.39 is 16.1 Å². The lowest BCUT2D eigenvalue weighted by Gasteiger charge is -2.12. The van der Waals surface area contributed by atoms with Crippen LogP contribution < -0.4 is 4.72 Å². The van der Waals surface area contributed by atoms with Gasteiger partial charge in [-0.25, -0.2) is 13.1 Å². The van der Waals surface area contributed by atoms with Crippen LogP contribution in [0, 0.1) is 13.8 Å². The lowest BCUT2D eigenvalue weighted by molar-refractivity contribution is 0.184. The van der Waals surface area contributed by atoms with Crippen molar-refractivity contribution in [3.05, 3.63) is 46.7 Å². The summed E-state index contributed by atoms with van der Waals surface area (Å²) in [6.45, 7) is 2.98. The first-order valence-corrected chi connectivity index (χ1v) is 9.33. The summed E-state index contributed by atoms with van der Waals surface area (Å²) in [5.74, 6) is 0.227. The number of aromatic nitrogens is 1. The summed E-state index contributed by atoms with van der Waals surface area (Å²) in [5, 5.41) is 16.8. The number of nitrogens with zero attached hydrogens (tertiary/aromatic N) is 1. The zero-order valence-electron chi connectivity index (χ0n) is 12.6. The van der Waals surface area contributed by atoms with E-state index in [-0.39, 0.29) is 17.2 Å². The fourth-order valence-corrected chi connectivity index (χ4v) is 4.86. The van der Waals surface area contributed by atoms with Gasteiger partial charge >= 0.3 is 0 Å². The summed E-state index contributed by atoms with van der Waals surface area (Å²) >= 11 is 1.52. The molecule has 0 fully saturated rings. The van der Waals surface area contributed by atoms with Gasteiger partial charge in [-0.05, 0) is 30.7 Å². The highest BCUT2D eigenvalue weighted by Crippen LogP contribution is 2.30. The Kier molecular flexibility index (Phi) is 4.24. The molecular weight excluding hydrogens is 336 g/mol. The fraction of sp³-hybridized carbons (Fsp3) is 0.267. The van der Waals surface area contributed by atoms with Gasteiger partial charge in [-0.15, -0.1) is 11.3 Å². The maximum Gasteiger partial charge on any atom is 0.246 e. The predicted octanol–water partition coefficient (Wildman–Crippen LogP) is 2.52. The van der Waals surface area contributed by atoms with Crippen LogP contribution in [0.5, 0.6) is 0 Å². The number of sulfonamides is 1. The van der Waals surface area contributed by atoms with Crippen molar-refractivity contribution in [1.29, 1.82) is 0 Å². The third kappa shape index (κ3) is 3.02. The Morgan fingerprint density at radius 2 is 2.09 bits per heavy atom. The second kappa shape index (κ2) is 6.04. The van der Waals surface area contributed by atoms with E-state index in [1.807, 2.05) is 29.6 Å². The smallest absolute Gasteiger partial charge is 0.246 e. The van der Waals surface area contributed by atoms with E-state index in [0.717, 1.165) is 10.1 Å². The van der Waals surface area contributed by atoms with Crippen LogP contribution in [0.3, 0.4) is 0 Å². The number of fused-ring (bicyclic) bond motifs is 1. The first-order chi connectivity index (χ1) is 10.9. The Balaban J connectivity index is 1.80. The number of hydrogen-bond acceptors (Lipinski definition) is 6. The molecule has 2 N–H and O–H groups in total. The Labute approximate surface area is 137 Å². The first kappa shape index (κ1) is 16.1. The maximum atomic E-state index is 12.4. The average molecular weight is 352 g/mol. The summed E-state index contributed by atoms with van der Waals surface area (Å²) < 4.78 is 33.1. The van der Waals surface area contributed by atoms with Gasteiger partial charge in [0.05, 0.1) is 6.10 Å². The quantitative estimate of drug-likeness (QED) is 0.736. The minimum absolute atomic E-state index is 0.0277. The van der Waals surface area contributed by atoms with E-state index in [9.17, 15) is 13.5 Å². The number of aliphatic hydroxyl groups excluding tert-OH is 1. The zero-order chi connectivity index (χ0) is 16.6. The van der Waals surface area contributed by atoms with Crippen LogP contribution >= 0.6 is 11.3 Å². The molecule has 3 aromatic rings. The van der Waals surface area contributed by atoms with E-state index in [2.05, 4.69) is 9.88 Å². The largest absolute Gasteiger partial charge is 0.387 e. The molecule has 8 heteroatoms. The Morgan fingerprint density at radius 1 is 1.35 bits per heavy atom. The molecule has 1 aromatic carbocycles. The molecule has 0 radical (unpaired) electrons. The lowest BCUT2D eigenvalue weighted by atomic mass is 10.1. The van der Waals surface area contributed by atoms with E-state index in [1.165, 1.54) is 18.3 Å². The zero-order valence-corrected chi connectivity index (χ0v) is 14.2. The highest BCUT2D eigenvalue weighted by Gasteiger charge is 2.25. The minimum Gasteiger partial charge on any atom is -0.387 e. The standard InChI is InChI=1S/C15H16N2O4S2/c1-9-15(10(2)21-17-9)23(19,20)16-7-13(18)12-8-22-14-6-4-3-5-11(12)14/h3-6,8,13,16,18H,7H2,1-2H3/t13-/m0/s1. The summed E-state index contributed by atoms with van der Waals surface area (Å²) in [6.07, 6.45) is -0.929. The number of hydrogen-bond donors (Lipinski definition) is 2. The Bertz CT molecular complexity index is 924. The molecule has 2 heterocycles. The van der Waals surface area contributed by atoms with Gasteiger partial charge in [-0.2, -0.15) is 0 Å². The number of rotatable bonds is 5. The Morgan fingerprint density at radius 3 is 2.78 bits per heavy atom. The van der Waals surface area contributed by atoms with Crippen LogP contribution in [-0.4, -0.2) is 25.2 Å². The predicted molar refractivity (Wildman–Crippen MR) is 88.0 cm³/mol. The number of aliphatic hydroxyl groups is 1. The molecule has 0 bridgehead atoms. The second-order valence-electron chi connectivity index (χ2n) is 5.21. The van der Waals surface area contributed by atoms with Crippen molar-refractivity contribution >= 4 is 31.4 Å². The van der Waals surface area contributed by atoms with Crippen LogP contribution in [0.25, 0.3) is 10.1 Å². The molecule has 122 valence electrons. The minimum atomic E-state index is -3.78. The third-order valence-corrected chi connectivity index (χ3v) is 6.22. The molecule has 3 rings (SSSR count). The van der Waals surface area contributed by atoms with Crippen molar-refractivity contribution in [2.45, 2.75) is 24.8 Å². The molecule has 0 aliphatic heterocycles. The lowest BCUT2D eigenvalue weighted by Crippen LogP contribution is -2.29. The monoisotopic (exact) mass is 352 g/mol. The summed E-state index contributed by atoms with van der Waals surface area (Å²) in [6, 6.07) is 7.69. The second-order valence-corrected chi connectivity index (χ2v) is 7.82. The molecular formula is C15H16N2O4S2. The fourth-order valence-electron chi connectivity index (χ4n) is 2.49. The highest BCUT2D eigenvalue weighted by atomic mass is 32.2. The molecule has 1 atom stereocenters. The van der Waals surface area contributed by atoms with Crippen LogP contribution in [0.15, 0.2) is 39.1 Å². The van der Waals surface area contributed by atoms with Crippen LogP contribution in [-0.2, 0) is 10.0 Å². The van der Waals surface area contributed by atoms with E-state index in [1.54, 1.807) is 6.92 Å². The van der Waals surface area contributed by atoms with Crippen molar-refractivity contribution in [1.82, 2.24) is 9.88 Å². The highest BCUT2D eigenvalue weighted by molar-refractivity contribution is 7.89. The normalized spacial score (nSPS) is 13.5. The van der Waals surface area contributed by atoms with Crippen molar-refractivity contribution in [2.24, 2.45) is 0 Å². The molecule has 23 heavy (non-hydrogen) atoms. The summed E-state index contributed by atoms with van der Waals surface area (Å²) in [4.78, 5) is 0.0277. The average Bonchev–Trinajstić information content (AvgIpc) is 3.09. The van der Waals surface area contributed by atoms with E-state index in [0.29, 0.717) is 11.3 Å². The van der Waals surface area contributed by atoms with Gasteiger partial charge in [-0.1, -0.05) is 23.4 Å². The first-order valence-electron chi connectivity index (χ1n) is 6.97. The molecule has 0 unspecified atom stereocenters. The van der Waals surface area contributed by atoms with Crippen LogP contribution in [0.1, 0.15) is 23.1 Å². The summed E-state index contributed by atoms with van der Waals surface area (Å²) in [5.41, 5.74) is 1.01. The molecule has 0 aliphatic carbocycles. The number of thiophene rings is 1. The van der Waals surface area contributed by atoms with Crippen LogP contribution in [0.4, 0.5) is 0 Å². The van der Waals surface area contributed by atoms with Crippen LogP contribution in [0.2, 0.25) is 0 Å². The SMILES string of the molecule is Cc1noc(C)c1S(=O)(=O)NC[C@H](O)c1csc2ccccc12.